The molecule has 0 aliphatic carbocycles. The number of rotatable bonds is 22. The van der Waals surface area contributed by atoms with Gasteiger partial charge in [-0.3, -0.25) is 4.79 Å². The second-order valence-electron chi connectivity index (χ2n) is 10.4. The monoisotopic (exact) mass is 697 g/mol. The minimum Gasteiger partial charge on any atom is -1.00 e. The van der Waals surface area contributed by atoms with E-state index in [9.17, 15) is 9.59 Å². The fraction of sp³-hybridized carbons (Fsp3) is 0.606. The van der Waals surface area contributed by atoms with E-state index in [1.807, 2.05) is 54.2 Å². The molecular formula is C33H52IN3O5. The first-order valence-electron chi connectivity index (χ1n) is 15.5. The van der Waals surface area contributed by atoms with Gasteiger partial charge in [0.05, 0.1) is 25.9 Å². The van der Waals surface area contributed by atoms with Crippen LogP contribution in [0.1, 0.15) is 94.5 Å². The number of pyridine rings is 1. The first kappa shape index (κ1) is 37.8. The minimum atomic E-state index is -0.458. The van der Waals surface area contributed by atoms with Crippen LogP contribution < -0.4 is 39.2 Å². The molecule has 1 aromatic carbocycles. The summed E-state index contributed by atoms with van der Waals surface area (Å²) in [4.78, 5) is 24.4. The number of ether oxygens (including phenoxy) is 3. The number of hydrogen-bond donors (Lipinski definition) is 2. The number of alkyl carbamates (subject to hydrolysis) is 1. The number of benzene rings is 1. The van der Waals surface area contributed by atoms with Crippen molar-refractivity contribution in [3.05, 3.63) is 59.9 Å². The second-order valence-corrected chi connectivity index (χ2v) is 10.4. The zero-order valence-electron chi connectivity index (χ0n) is 25.9. The highest BCUT2D eigenvalue weighted by molar-refractivity contribution is 6.03. The Labute approximate surface area is 270 Å². The van der Waals surface area contributed by atoms with Crippen molar-refractivity contribution in [1.82, 2.24) is 5.32 Å². The lowest BCUT2D eigenvalue weighted by molar-refractivity contribution is -0.693. The highest BCUT2D eigenvalue weighted by atomic mass is 127. The molecule has 2 rings (SSSR count). The van der Waals surface area contributed by atoms with Gasteiger partial charge in [0.2, 0.25) is 0 Å². The summed E-state index contributed by atoms with van der Waals surface area (Å²) in [6.45, 7) is 9.26. The summed E-state index contributed by atoms with van der Waals surface area (Å²) < 4.78 is 18.5. The number of halogens is 1. The van der Waals surface area contributed by atoms with Crippen LogP contribution in [0.2, 0.25) is 0 Å². The molecule has 1 unspecified atom stereocenters. The third-order valence-electron chi connectivity index (χ3n) is 6.94. The first-order valence-corrected chi connectivity index (χ1v) is 15.5. The summed E-state index contributed by atoms with van der Waals surface area (Å²) in [5, 5.41) is 5.67. The number of aromatic nitrogens is 1. The largest absolute Gasteiger partial charge is 1.00 e. The van der Waals surface area contributed by atoms with Crippen LogP contribution in [0.5, 0.6) is 0 Å². The smallest absolute Gasteiger partial charge is 0.407 e. The Morgan fingerprint density at radius 1 is 0.881 bits per heavy atom. The van der Waals surface area contributed by atoms with Gasteiger partial charge in [0.25, 0.3) is 5.91 Å². The number of nitrogens with zero attached hydrogens (tertiary/aromatic N) is 1. The van der Waals surface area contributed by atoms with Crippen molar-refractivity contribution in [2.75, 3.05) is 38.3 Å². The molecule has 0 aliphatic heterocycles. The minimum absolute atomic E-state index is 0. The van der Waals surface area contributed by atoms with E-state index in [1.165, 1.54) is 51.4 Å². The molecule has 236 valence electrons. The van der Waals surface area contributed by atoms with Crippen molar-refractivity contribution in [3.8, 4) is 0 Å². The summed E-state index contributed by atoms with van der Waals surface area (Å²) in [7, 11) is 0. The standard InChI is InChI=1S/C33H51N3O5.HI/c1-4-6-7-8-9-10-11-12-14-28(3)40-25-23-39-24-26-41-33(38)34-21-20-29-16-18-31(19-17-29)35-32(37)30-15-13-22-36(5-2)27-30;/h13,15-19,22,27-28H,4-12,14,20-21,23-26H2,1-3H3,(H-,34,35,37,38);1H. The number of carbonyl (C=O) groups is 2. The van der Waals surface area contributed by atoms with Gasteiger partial charge < -0.3 is 48.8 Å². The van der Waals surface area contributed by atoms with E-state index in [-0.39, 0.29) is 42.6 Å². The van der Waals surface area contributed by atoms with Crippen LogP contribution >= 0.6 is 0 Å². The van der Waals surface area contributed by atoms with Crippen molar-refractivity contribution in [2.24, 2.45) is 0 Å². The second kappa shape index (κ2) is 24.2. The first-order chi connectivity index (χ1) is 20.0. The molecule has 2 amide bonds. The van der Waals surface area contributed by atoms with Crippen molar-refractivity contribution in [1.29, 1.82) is 0 Å². The molecule has 0 spiro atoms. The molecule has 1 atom stereocenters. The molecule has 42 heavy (non-hydrogen) atoms. The molecule has 2 N–H and O–H groups in total. The summed E-state index contributed by atoms with van der Waals surface area (Å²) in [5.41, 5.74) is 2.38. The molecule has 0 bridgehead atoms. The third kappa shape index (κ3) is 17.7. The van der Waals surface area contributed by atoms with Crippen LogP contribution in [0.3, 0.4) is 0 Å². The number of unbranched alkanes of at least 4 members (excludes halogenated alkanes) is 7. The van der Waals surface area contributed by atoms with Crippen LogP contribution in [-0.4, -0.2) is 51.1 Å². The Kier molecular flexibility index (Phi) is 21.8. The Morgan fingerprint density at radius 2 is 1.57 bits per heavy atom. The average molecular weight is 698 g/mol. The lowest BCUT2D eigenvalue weighted by atomic mass is 10.1. The Bertz CT molecular complexity index is 990. The van der Waals surface area contributed by atoms with Gasteiger partial charge in [0.1, 0.15) is 18.7 Å². The normalized spacial score (nSPS) is 11.4. The van der Waals surface area contributed by atoms with Crippen molar-refractivity contribution >= 4 is 17.7 Å². The van der Waals surface area contributed by atoms with Gasteiger partial charge in [-0.25, -0.2) is 9.36 Å². The van der Waals surface area contributed by atoms with E-state index in [0.29, 0.717) is 38.3 Å². The maximum absolute atomic E-state index is 12.5. The van der Waals surface area contributed by atoms with Gasteiger partial charge in [-0.1, -0.05) is 70.4 Å². The zero-order valence-corrected chi connectivity index (χ0v) is 28.0. The summed E-state index contributed by atoms with van der Waals surface area (Å²) in [6, 6.07) is 11.3. The molecule has 1 heterocycles. The van der Waals surface area contributed by atoms with Crippen LogP contribution in [-0.2, 0) is 27.2 Å². The third-order valence-corrected chi connectivity index (χ3v) is 6.94. The Hall–Kier alpha value is -2.24. The Morgan fingerprint density at radius 3 is 2.29 bits per heavy atom. The maximum Gasteiger partial charge on any atom is 0.407 e. The van der Waals surface area contributed by atoms with Gasteiger partial charge in [-0.2, -0.15) is 0 Å². The summed E-state index contributed by atoms with van der Waals surface area (Å²) in [6.07, 6.45) is 15.9. The Balaban J connectivity index is 0.00000882. The SMILES string of the molecule is CCCCCCCCCCC(C)OCCOCCOC(=O)NCCc1ccc(NC(=O)c2ccc[n+](CC)c2)cc1.[I-]. The van der Waals surface area contributed by atoms with E-state index in [1.54, 1.807) is 6.07 Å². The van der Waals surface area contributed by atoms with Crippen LogP contribution in [0.25, 0.3) is 0 Å². The number of amides is 2. The maximum atomic E-state index is 12.5. The highest BCUT2D eigenvalue weighted by Gasteiger charge is 2.10. The summed E-state index contributed by atoms with van der Waals surface area (Å²) >= 11 is 0. The number of aryl methyl sites for hydroxylation is 1. The highest BCUT2D eigenvalue weighted by Crippen LogP contribution is 2.13. The molecule has 0 radical (unpaired) electrons. The molecule has 0 saturated heterocycles. The van der Waals surface area contributed by atoms with E-state index in [4.69, 9.17) is 14.2 Å². The number of anilines is 1. The molecular weight excluding hydrogens is 645 g/mol. The molecule has 9 heteroatoms. The number of nitrogens with one attached hydrogen (secondary N) is 2. The van der Waals surface area contributed by atoms with E-state index in [0.717, 1.165) is 24.2 Å². The predicted molar refractivity (Wildman–Crippen MR) is 163 cm³/mol. The lowest BCUT2D eigenvalue weighted by Crippen LogP contribution is -3.00. The fourth-order valence-corrected chi connectivity index (χ4v) is 4.42. The molecule has 8 nitrogen and oxygen atoms in total. The van der Waals surface area contributed by atoms with Crippen molar-refractivity contribution < 1.29 is 52.3 Å². The van der Waals surface area contributed by atoms with Crippen molar-refractivity contribution in [3.63, 3.8) is 0 Å². The summed E-state index contributed by atoms with van der Waals surface area (Å²) in [5.74, 6) is -0.148. The molecule has 0 aliphatic rings. The predicted octanol–water partition coefficient (Wildman–Crippen LogP) is 3.47. The molecule has 0 fully saturated rings. The van der Waals surface area contributed by atoms with Gasteiger partial charge >= 0.3 is 6.09 Å². The lowest BCUT2D eigenvalue weighted by Gasteiger charge is -2.13. The van der Waals surface area contributed by atoms with Gasteiger partial charge in [-0.05, 0) is 50.5 Å². The number of hydrogen-bond acceptors (Lipinski definition) is 5. The zero-order chi connectivity index (χ0) is 29.5. The molecule has 0 saturated carbocycles. The molecule has 1 aromatic heterocycles. The fourth-order valence-electron chi connectivity index (χ4n) is 4.42. The van der Waals surface area contributed by atoms with Crippen LogP contribution in [0.15, 0.2) is 48.8 Å². The van der Waals surface area contributed by atoms with Crippen molar-refractivity contribution in [2.45, 2.75) is 97.6 Å². The molecule has 2 aromatic rings. The average Bonchev–Trinajstić information content (AvgIpc) is 2.99. The van der Waals surface area contributed by atoms with E-state index >= 15 is 0 Å². The van der Waals surface area contributed by atoms with Gasteiger partial charge in [-0.15, -0.1) is 0 Å². The van der Waals surface area contributed by atoms with Gasteiger partial charge in [0, 0.05) is 18.3 Å². The quantitative estimate of drug-likeness (QED) is 0.112. The topological polar surface area (TPSA) is 89.8 Å². The van der Waals surface area contributed by atoms with Crippen LogP contribution in [0, 0.1) is 0 Å². The number of carbonyl (C=O) groups excluding carboxylic acids is 2. The van der Waals surface area contributed by atoms with Gasteiger partial charge in [0.15, 0.2) is 12.4 Å². The van der Waals surface area contributed by atoms with E-state index in [2.05, 4.69) is 24.5 Å². The van der Waals surface area contributed by atoms with E-state index < -0.39 is 6.09 Å². The van der Waals surface area contributed by atoms with Crippen LogP contribution in [0.4, 0.5) is 10.5 Å².